The summed E-state index contributed by atoms with van der Waals surface area (Å²) in [5.74, 6) is -0.171. The van der Waals surface area contributed by atoms with Gasteiger partial charge in [0.2, 0.25) is 5.91 Å². The van der Waals surface area contributed by atoms with Crippen LogP contribution < -0.4 is 14.4 Å². The van der Waals surface area contributed by atoms with Gasteiger partial charge in [0.15, 0.2) is 6.61 Å². The molecular weight excluding hydrogens is 448 g/mol. The minimum Gasteiger partial charge on any atom is -0.497 e. The number of carbonyl (C=O) groups excluding carboxylic acids is 3. The number of rotatable bonds is 7. The van der Waals surface area contributed by atoms with Crippen LogP contribution in [-0.2, 0) is 19.1 Å². The minimum absolute atomic E-state index is 0.0977. The van der Waals surface area contributed by atoms with Crippen LogP contribution in [0.5, 0.6) is 11.5 Å². The highest BCUT2D eigenvalue weighted by molar-refractivity contribution is 5.97. The van der Waals surface area contributed by atoms with E-state index in [-0.39, 0.29) is 24.8 Å². The van der Waals surface area contributed by atoms with Gasteiger partial charge in [-0.25, -0.2) is 0 Å². The summed E-state index contributed by atoms with van der Waals surface area (Å²) in [7, 11) is 3.14. The van der Waals surface area contributed by atoms with Crippen molar-refractivity contribution in [3.05, 3.63) is 54.1 Å². The molecule has 2 aromatic carbocycles. The Kier molecular flexibility index (Phi) is 7.90. The third-order valence-electron chi connectivity index (χ3n) is 6.75. The Morgan fingerprint density at radius 1 is 0.943 bits per heavy atom. The van der Waals surface area contributed by atoms with Gasteiger partial charge in [0, 0.05) is 30.8 Å². The van der Waals surface area contributed by atoms with E-state index in [0.29, 0.717) is 42.3 Å². The number of benzene rings is 2. The number of nitrogens with zero attached hydrogens (tertiary/aromatic N) is 2. The van der Waals surface area contributed by atoms with Crippen molar-refractivity contribution in [3.63, 3.8) is 0 Å². The van der Waals surface area contributed by atoms with Crippen molar-refractivity contribution < 1.29 is 28.6 Å². The van der Waals surface area contributed by atoms with Gasteiger partial charge >= 0.3 is 5.97 Å². The molecule has 2 aliphatic rings. The van der Waals surface area contributed by atoms with E-state index < -0.39 is 17.9 Å². The average molecular weight is 481 g/mol. The maximum atomic E-state index is 13.4. The molecule has 0 N–H and O–H groups in total. The van der Waals surface area contributed by atoms with Crippen molar-refractivity contribution in [2.45, 2.75) is 38.1 Å². The molecule has 4 rings (SSSR count). The molecule has 0 radical (unpaired) electrons. The van der Waals surface area contributed by atoms with E-state index in [1.165, 1.54) is 0 Å². The van der Waals surface area contributed by atoms with Gasteiger partial charge in [0.05, 0.1) is 26.2 Å². The van der Waals surface area contributed by atoms with Crippen LogP contribution in [0.4, 0.5) is 5.69 Å². The van der Waals surface area contributed by atoms with E-state index in [4.69, 9.17) is 14.2 Å². The molecule has 8 nitrogen and oxygen atoms in total. The zero-order valence-corrected chi connectivity index (χ0v) is 20.3. The second kappa shape index (κ2) is 11.3. The summed E-state index contributed by atoms with van der Waals surface area (Å²) in [6, 6.07) is 13.9. The lowest BCUT2D eigenvalue weighted by Gasteiger charge is -2.40. The maximum absolute atomic E-state index is 13.4. The summed E-state index contributed by atoms with van der Waals surface area (Å²) >= 11 is 0. The Morgan fingerprint density at radius 2 is 1.66 bits per heavy atom. The molecule has 0 aliphatic carbocycles. The van der Waals surface area contributed by atoms with E-state index in [9.17, 15) is 14.4 Å². The highest BCUT2D eigenvalue weighted by Crippen LogP contribution is 2.43. The summed E-state index contributed by atoms with van der Waals surface area (Å²) in [6.07, 6.45) is 3.57. The molecule has 8 heteroatoms. The molecule has 0 saturated carbocycles. The SMILES string of the molecule is COc1ccc(N2C(=O)CCC(C(=O)OCC(=O)N3CCCCC3)C2c2ccccc2OC)cc1. The molecule has 2 aromatic rings. The third kappa shape index (κ3) is 5.42. The number of hydrogen-bond donors (Lipinski definition) is 0. The Balaban J connectivity index is 1.63. The van der Waals surface area contributed by atoms with Gasteiger partial charge in [-0.1, -0.05) is 18.2 Å². The largest absolute Gasteiger partial charge is 0.497 e. The number of para-hydroxylation sites is 1. The first-order valence-electron chi connectivity index (χ1n) is 12.1. The first-order valence-corrected chi connectivity index (χ1v) is 12.1. The van der Waals surface area contributed by atoms with Gasteiger partial charge in [-0.2, -0.15) is 0 Å². The lowest BCUT2D eigenvalue weighted by Crippen LogP contribution is -2.46. The van der Waals surface area contributed by atoms with Crippen molar-refractivity contribution in [1.82, 2.24) is 4.90 Å². The fraction of sp³-hybridized carbons (Fsp3) is 0.444. The second-order valence-corrected chi connectivity index (χ2v) is 8.84. The van der Waals surface area contributed by atoms with E-state index in [2.05, 4.69) is 0 Å². The molecule has 2 fully saturated rings. The van der Waals surface area contributed by atoms with Crippen LogP contribution in [0.25, 0.3) is 0 Å². The number of piperidine rings is 2. The molecule has 35 heavy (non-hydrogen) atoms. The summed E-state index contributed by atoms with van der Waals surface area (Å²) < 4.78 is 16.4. The van der Waals surface area contributed by atoms with Crippen LogP contribution in [0.15, 0.2) is 48.5 Å². The van der Waals surface area contributed by atoms with Crippen molar-refractivity contribution >= 4 is 23.5 Å². The zero-order chi connectivity index (χ0) is 24.8. The second-order valence-electron chi connectivity index (χ2n) is 8.84. The van der Waals surface area contributed by atoms with Crippen LogP contribution in [0.2, 0.25) is 0 Å². The van der Waals surface area contributed by atoms with E-state index in [1.54, 1.807) is 48.3 Å². The molecule has 2 unspecified atom stereocenters. The molecule has 0 aromatic heterocycles. The minimum atomic E-state index is -0.653. The van der Waals surface area contributed by atoms with E-state index >= 15 is 0 Å². The molecule has 2 saturated heterocycles. The van der Waals surface area contributed by atoms with Crippen LogP contribution >= 0.6 is 0 Å². The van der Waals surface area contributed by atoms with Gasteiger partial charge in [-0.15, -0.1) is 0 Å². The number of anilines is 1. The van der Waals surface area contributed by atoms with Crippen LogP contribution in [0, 0.1) is 5.92 Å². The van der Waals surface area contributed by atoms with Crippen molar-refractivity contribution in [2.24, 2.45) is 5.92 Å². The molecule has 0 spiro atoms. The Bertz CT molecular complexity index is 1050. The molecule has 186 valence electrons. The van der Waals surface area contributed by atoms with Crippen molar-refractivity contribution in [2.75, 3.05) is 38.8 Å². The molecule has 2 atom stereocenters. The lowest BCUT2D eigenvalue weighted by atomic mass is 9.83. The molecular formula is C27H32N2O6. The Morgan fingerprint density at radius 3 is 2.34 bits per heavy atom. The normalized spacial score (nSPS) is 20.3. The van der Waals surface area contributed by atoms with Crippen molar-refractivity contribution in [1.29, 1.82) is 0 Å². The average Bonchev–Trinajstić information content (AvgIpc) is 2.91. The Labute approximate surface area is 205 Å². The summed E-state index contributed by atoms with van der Waals surface area (Å²) in [5, 5.41) is 0. The fourth-order valence-corrected chi connectivity index (χ4v) is 4.93. The number of esters is 1. The van der Waals surface area contributed by atoms with Crippen LogP contribution in [0.3, 0.4) is 0 Å². The standard InChI is InChI=1S/C27H32N2O6/c1-33-20-12-10-19(11-13-20)29-24(30)15-14-22(26(29)21-8-4-5-9-23(21)34-2)27(32)35-18-25(31)28-16-6-3-7-17-28/h4-5,8-13,22,26H,3,6-7,14-18H2,1-2H3. The van der Waals surface area contributed by atoms with Gasteiger partial charge in [0.1, 0.15) is 11.5 Å². The molecule has 2 heterocycles. The van der Waals surface area contributed by atoms with Crippen molar-refractivity contribution in [3.8, 4) is 11.5 Å². The first-order chi connectivity index (χ1) is 17.0. The lowest BCUT2D eigenvalue weighted by molar-refractivity contribution is -0.157. The van der Waals surface area contributed by atoms with E-state index in [0.717, 1.165) is 19.3 Å². The van der Waals surface area contributed by atoms with Gasteiger partial charge in [0.25, 0.3) is 5.91 Å². The third-order valence-corrected chi connectivity index (χ3v) is 6.75. The molecule has 2 amide bonds. The number of amides is 2. The van der Waals surface area contributed by atoms with E-state index in [1.807, 2.05) is 24.3 Å². The number of methoxy groups -OCH3 is 2. The number of likely N-dealkylation sites (tertiary alicyclic amines) is 1. The topological polar surface area (TPSA) is 85.4 Å². The number of ether oxygens (including phenoxy) is 3. The maximum Gasteiger partial charge on any atom is 0.311 e. The number of hydrogen-bond acceptors (Lipinski definition) is 6. The van der Waals surface area contributed by atoms with Gasteiger partial charge in [-0.05, 0) is 56.0 Å². The smallest absolute Gasteiger partial charge is 0.311 e. The predicted octanol–water partition coefficient (Wildman–Crippen LogP) is 3.74. The van der Waals surface area contributed by atoms with Gasteiger partial charge < -0.3 is 24.0 Å². The first kappa shape index (κ1) is 24.6. The van der Waals surface area contributed by atoms with Crippen LogP contribution in [0.1, 0.15) is 43.7 Å². The quantitative estimate of drug-likeness (QED) is 0.561. The van der Waals surface area contributed by atoms with Crippen LogP contribution in [-0.4, -0.2) is 56.6 Å². The summed E-state index contributed by atoms with van der Waals surface area (Å²) in [4.78, 5) is 42.6. The highest BCUT2D eigenvalue weighted by Gasteiger charge is 2.43. The summed E-state index contributed by atoms with van der Waals surface area (Å²) in [6.45, 7) is 1.11. The summed E-state index contributed by atoms with van der Waals surface area (Å²) in [5.41, 5.74) is 1.36. The highest BCUT2D eigenvalue weighted by atomic mass is 16.5. The Hall–Kier alpha value is -3.55. The van der Waals surface area contributed by atoms with Gasteiger partial charge in [-0.3, -0.25) is 14.4 Å². The monoisotopic (exact) mass is 480 g/mol. The predicted molar refractivity (Wildman–Crippen MR) is 130 cm³/mol. The molecule has 2 aliphatic heterocycles. The fourth-order valence-electron chi connectivity index (χ4n) is 4.93. The number of carbonyl (C=O) groups is 3. The molecule has 0 bridgehead atoms. The zero-order valence-electron chi connectivity index (χ0n) is 20.3.